The Labute approximate surface area is 102 Å². The Kier molecular flexibility index (Phi) is 4.53. The van der Waals surface area contributed by atoms with Crippen molar-refractivity contribution in [1.29, 1.82) is 0 Å². The van der Waals surface area contributed by atoms with Gasteiger partial charge in [0, 0.05) is 18.8 Å². The van der Waals surface area contributed by atoms with Crippen molar-refractivity contribution < 1.29 is 9.47 Å². The average molecular weight is 239 g/mol. The van der Waals surface area contributed by atoms with E-state index in [0.717, 1.165) is 45.0 Å². The molecule has 0 saturated carbocycles. The van der Waals surface area contributed by atoms with Crippen LogP contribution in [0.3, 0.4) is 0 Å². The lowest BCUT2D eigenvalue weighted by molar-refractivity contribution is -0.175. The van der Waals surface area contributed by atoms with Gasteiger partial charge in [-0.15, -0.1) is 0 Å². The number of nitrogens with one attached hydrogen (secondary N) is 1. The van der Waals surface area contributed by atoms with Gasteiger partial charge >= 0.3 is 0 Å². The smallest absolute Gasteiger partial charge is 0.169 e. The van der Waals surface area contributed by atoms with Crippen LogP contribution in [0.1, 0.15) is 17.8 Å². The Morgan fingerprint density at radius 1 is 1.41 bits per heavy atom. The zero-order valence-corrected chi connectivity index (χ0v) is 10.6. The van der Waals surface area contributed by atoms with E-state index in [9.17, 15) is 0 Å². The monoisotopic (exact) mass is 239 g/mol. The molecule has 0 bridgehead atoms. The van der Waals surface area contributed by atoms with Crippen molar-refractivity contribution in [2.45, 2.75) is 33.1 Å². The Balaban J connectivity index is 1.64. The van der Waals surface area contributed by atoms with Crippen LogP contribution in [0.25, 0.3) is 0 Å². The third-order valence-corrected chi connectivity index (χ3v) is 2.81. The number of ether oxygens (including phenoxy) is 2. The molecule has 1 aliphatic heterocycles. The molecule has 5 heteroatoms. The Bertz CT molecular complexity index is 346. The SMILES string of the molecule is Cc1cc(C)n(CCNCC2OCCCO2)n1. The van der Waals surface area contributed by atoms with Crippen LogP contribution < -0.4 is 5.32 Å². The summed E-state index contributed by atoms with van der Waals surface area (Å²) in [6.07, 6.45) is 0.923. The van der Waals surface area contributed by atoms with E-state index in [-0.39, 0.29) is 6.29 Å². The van der Waals surface area contributed by atoms with Crippen LogP contribution in [0.2, 0.25) is 0 Å². The number of hydrogen-bond acceptors (Lipinski definition) is 4. The molecule has 1 aromatic heterocycles. The number of aromatic nitrogens is 2. The molecule has 0 aromatic carbocycles. The van der Waals surface area contributed by atoms with Crippen LogP contribution in [0.4, 0.5) is 0 Å². The van der Waals surface area contributed by atoms with Crippen LogP contribution in [0.5, 0.6) is 0 Å². The molecule has 0 spiro atoms. The topological polar surface area (TPSA) is 48.3 Å². The van der Waals surface area contributed by atoms with Gasteiger partial charge in [0.05, 0.1) is 25.5 Å². The molecule has 17 heavy (non-hydrogen) atoms. The summed E-state index contributed by atoms with van der Waals surface area (Å²) in [7, 11) is 0. The fraction of sp³-hybridized carbons (Fsp3) is 0.750. The van der Waals surface area contributed by atoms with Crippen molar-refractivity contribution in [3.8, 4) is 0 Å². The molecule has 0 atom stereocenters. The van der Waals surface area contributed by atoms with E-state index in [1.54, 1.807) is 0 Å². The standard InChI is InChI=1S/C12H21N3O2/c1-10-8-11(2)15(14-10)5-4-13-9-12-16-6-3-7-17-12/h8,12-13H,3-7,9H2,1-2H3. The van der Waals surface area contributed by atoms with Crippen LogP contribution in [-0.2, 0) is 16.0 Å². The van der Waals surface area contributed by atoms with E-state index in [2.05, 4.69) is 23.4 Å². The second-order valence-electron chi connectivity index (χ2n) is 4.38. The molecule has 1 N–H and O–H groups in total. The fourth-order valence-corrected chi connectivity index (χ4v) is 1.96. The first-order valence-electron chi connectivity index (χ1n) is 6.20. The summed E-state index contributed by atoms with van der Waals surface area (Å²) in [5.41, 5.74) is 2.27. The van der Waals surface area contributed by atoms with Crippen molar-refractivity contribution in [2.24, 2.45) is 0 Å². The van der Waals surface area contributed by atoms with E-state index in [0.29, 0.717) is 0 Å². The first-order valence-corrected chi connectivity index (χ1v) is 6.20. The van der Waals surface area contributed by atoms with Crippen molar-refractivity contribution in [3.63, 3.8) is 0 Å². The van der Waals surface area contributed by atoms with Gasteiger partial charge < -0.3 is 14.8 Å². The molecule has 0 aliphatic carbocycles. The van der Waals surface area contributed by atoms with Gasteiger partial charge in [-0.1, -0.05) is 0 Å². The molecule has 0 unspecified atom stereocenters. The molecule has 2 rings (SSSR count). The molecular weight excluding hydrogens is 218 g/mol. The second kappa shape index (κ2) is 6.14. The minimum absolute atomic E-state index is 0.0794. The summed E-state index contributed by atoms with van der Waals surface area (Å²) in [5.74, 6) is 0. The summed E-state index contributed by atoms with van der Waals surface area (Å²) in [6, 6.07) is 2.09. The Morgan fingerprint density at radius 3 is 2.82 bits per heavy atom. The van der Waals surface area contributed by atoms with Crippen molar-refractivity contribution in [3.05, 3.63) is 17.5 Å². The Hall–Kier alpha value is -0.910. The van der Waals surface area contributed by atoms with Gasteiger partial charge in [-0.25, -0.2) is 0 Å². The summed E-state index contributed by atoms with van der Waals surface area (Å²) in [4.78, 5) is 0. The lowest BCUT2D eigenvalue weighted by Crippen LogP contribution is -2.36. The fourth-order valence-electron chi connectivity index (χ4n) is 1.96. The molecule has 1 saturated heterocycles. The lowest BCUT2D eigenvalue weighted by atomic mass is 10.4. The summed E-state index contributed by atoms with van der Waals surface area (Å²) < 4.78 is 12.9. The van der Waals surface area contributed by atoms with Crippen LogP contribution in [0.15, 0.2) is 6.07 Å². The number of hydrogen-bond donors (Lipinski definition) is 1. The zero-order chi connectivity index (χ0) is 12.1. The molecule has 5 nitrogen and oxygen atoms in total. The quantitative estimate of drug-likeness (QED) is 0.774. The molecule has 1 aromatic rings. The van der Waals surface area contributed by atoms with Crippen LogP contribution in [-0.4, -0.2) is 42.4 Å². The van der Waals surface area contributed by atoms with E-state index in [1.165, 1.54) is 5.69 Å². The molecule has 2 heterocycles. The number of rotatable bonds is 5. The Morgan fingerprint density at radius 2 is 2.18 bits per heavy atom. The average Bonchev–Trinajstić information content (AvgIpc) is 2.65. The zero-order valence-electron chi connectivity index (χ0n) is 10.6. The van der Waals surface area contributed by atoms with Crippen molar-refractivity contribution in [1.82, 2.24) is 15.1 Å². The third kappa shape index (κ3) is 3.80. The van der Waals surface area contributed by atoms with Gasteiger partial charge in [0.15, 0.2) is 6.29 Å². The molecule has 1 aliphatic rings. The molecule has 0 amide bonds. The number of aryl methyl sites for hydroxylation is 2. The summed E-state index contributed by atoms with van der Waals surface area (Å²) in [6.45, 7) is 8.22. The minimum Gasteiger partial charge on any atom is -0.351 e. The maximum Gasteiger partial charge on any atom is 0.169 e. The van der Waals surface area contributed by atoms with Crippen molar-refractivity contribution >= 4 is 0 Å². The van der Waals surface area contributed by atoms with E-state index >= 15 is 0 Å². The normalized spacial score (nSPS) is 17.5. The largest absolute Gasteiger partial charge is 0.351 e. The van der Waals surface area contributed by atoms with E-state index in [1.807, 2.05) is 11.6 Å². The van der Waals surface area contributed by atoms with Gasteiger partial charge in [0.25, 0.3) is 0 Å². The number of nitrogens with zero attached hydrogens (tertiary/aromatic N) is 2. The van der Waals surface area contributed by atoms with Crippen molar-refractivity contribution in [2.75, 3.05) is 26.3 Å². The lowest BCUT2D eigenvalue weighted by Gasteiger charge is -2.23. The van der Waals surface area contributed by atoms with Gasteiger partial charge in [-0.05, 0) is 26.3 Å². The van der Waals surface area contributed by atoms with E-state index < -0.39 is 0 Å². The molecule has 0 radical (unpaired) electrons. The van der Waals surface area contributed by atoms with Gasteiger partial charge in [-0.2, -0.15) is 5.10 Å². The second-order valence-corrected chi connectivity index (χ2v) is 4.38. The molecular formula is C12H21N3O2. The molecule has 1 fully saturated rings. The summed E-state index contributed by atoms with van der Waals surface area (Å²) in [5, 5.41) is 7.74. The van der Waals surface area contributed by atoms with Gasteiger partial charge in [0.2, 0.25) is 0 Å². The highest BCUT2D eigenvalue weighted by molar-refractivity contribution is 5.06. The summed E-state index contributed by atoms with van der Waals surface area (Å²) >= 11 is 0. The first-order chi connectivity index (χ1) is 8.25. The highest BCUT2D eigenvalue weighted by Crippen LogP contribution is 2.03. The predicted molar refractivity (Wildman–Crippen MR) is 64.9 cm³/mol. The maximum absolute atomic E-state index is 5.45. The van der Waals surface area contributed by atoms with Crippen LogP contribution >= 0.6 is 0 Å². The van der Waals surface area contributed by atoms with E-state index in [4.69, 9.17) is 9.47 Å². The van der Waals surface area contributed by atoms with Crippen LogP contribution in [0, 0.1) is 13.8 Å². The minimum atomic E-state index is -0.0794. The predicted octanol–water partition coefficient (Wildman–Crippen LogP) is 0.853. The van der Waals surface area contributed by atoms with Gasteiger partial charge in [-0.3, -0.25) is 4.68 Å². The maximum atomic E-state index is 5.45. The molecule has 96 valence electrons. The highest BCUT2D eigenvalue weighted by Gasteiger charge is 2.12. The van der Waals surface area contributed by atoms with Gasteiger partial charge in [0.1, 0.15) is 0 Å². The highest BCUT2D eigenvalue weighted by atomic mass is 16.7. The third-order valence-electron chi connectivity index (χ3n) is 2.81. The first kappa shape index (κ1) is 12.5.